The van der Waals surface area contributed by atoms with Crippen molar-refractivity contribution in [3.8, 4) is 11.3 Å². The average Bonchev–Trinajstić information content (AvgIpc) is 3.09. The lowest BCUT2D eigenvalue weighted by molar-refractivity contribution is 0.0950. The second kappa shape index (κ2) is 8.31. The summed E-state index contributed by atoms with van der Waals surface area (Å²) >= 11 is 0. The molecule has 0 bridgehead atoms. The van der Waals surface area contributed by atoms with Crippen molar-refractivity contribution in [3.63, 3.8) is 0 Å². The molecular formula is C21H26N4O2. The summed E-state index contributed by atoms with van der Waals surface area (Å²) in [6.07, 6.45) is 2.50. The SMILES string of the molecule is COCCCNC(=O)c1cc(-c2ccc(C)cc2)nc2c1cnn2C(C)C. The summed E-state index contributed by atoms with van der Waals surface area (Å²) in [5.74, 6) is -0.116. The van der Waals surface area contributed by atoms with Crippen LogP contribution >= 0.6 is 0 Å². The Morgan fingerprint density at radius 2 is 2.00 bits per heavy atom. The van der Waals surface area contributed by atoms with Crippen molar-refractivity contribution in [3.05, 3.63) is 47.7 Å². The number of hydrogen-bond acceptors (Lipinski definition) is 4. The van der Waals surface area contributed by atoms with Gasteiger partial charge in [-0.3, -0.25) is 4.79 Å². The zero-order valence-corrected chi connectivity index (χ0v) is 16.3. The van der Waals surface area contributed by atoms with E-state index in [2.05, 4.69) is 24.3 Å². The fourth-order valence-corrected chi connectivity index (χ4v) is 2.97. The van der Waals surface area contributed by atoms with Crippen molar-refractivity contribution in [1.82, 2.24) is 20.1 Å². The fraction of sp³-hybridized carbons (Fsp3) is 0.381. The van der Waals surface area contributed by atoms with Crippen LogP contribution in [-0.2, 0) is 4.74 Å². The summed E-state index contributed by atoms with van der Waals surface area (Å²) in [7, 11) is 1.66. The molecule has 0 atom stereocenters. The van der Waals surface area contributed by atoms with Gasteiger partial charge in [-0.1, -0.05) is 29.8 Å². The highest BCUT2D eigenvalue weighted by Crippen LogP contribution is 2.26. The zero-order valence-electron chi connectivity index (χ0n) is 16.3. The van der Waals surface area contributed by atoms with E-state index >= 15 is 0 Å². The Kier molecular flexibility index (Phi) is 5.86. The number of hydrogen-bond donors (Lipinski definition) is 1. The monoisotopic (exact) mass is 366 g/mol. The van der Waals surface area contributed by atoms with Crippen LogP contribution in [0.15, 0.2) is 36.5 Å². The van der Waals surface area contributed by atoms with Crippen LogP contribution in [0.3, 0.4) is 0 Å². The lowest BCUT2D eigenvalue weighted by Crippen LogP contribution is -2.25. The summed E-state index contributed by atoms with van der Waals surface area (Å²) in [6, 6.07) is 10.2. The number of aryl methyl sites for hydroxylation is 1. The third kappa shape index (κ3) is 4.17. The number of amides is 1. The van der Waals surface area contributed by atoms with Crippen LogP contribution in [-0.4, -0.2) is 40.9 Å². The summed E-state index contributed by atoms with van der Waals surface area (Å²) in [5, 5.41) is 8.19. The second-order valence-electron chi connectivity index (χ2n) is 6.94. The predicted octanol–water partition coefficient (Wildman–Crippen LogP) is 3.75. The number of rotatable bonds is 7. The van der Waals surface area contributed by atoms with Crippen molar-refractivity contribution in [2.45, 2.75) is 33.2 Å². The average molecular weight is 366 g/mol. The fourth-order valence-electron chi connectivity index (χ4n) is 2.97. The van der Waals surface area contributed by atoms with Gasteiger partial charge in [-0.15, -0.1) is 0 Å². The maximum atomic E-state index is 12.8. The molecule has 0 fully saturated rings. The summed E-state index contributed by atoms with van der Waals surface area (Å²) in [4.78, 5) is 17.6. The number of pyridine rings is 1. The molecule has 2 aromatic heterocycles. The number of methoxy groups -OCH3 is 1. The summed E-state index contributed by atoms with van der Waals surface area (Å²) in [5.41, 5.74) is 4.26. The third-order valence-corrected chi connectivity index (χ3v) is 4.46. The first-order valence-electron chi connectivity index (χ1n) is 9.23. The van der Waals surface area contributed by atoms with Crippen LogP contribution in [0.1, 0.15) is 42.2 Å². The highest BCUT2D eigenvalue weighted by Gasteiger charge is 2.18. The van der Waals surface area contributed by atoms with E-state index in [1.165, 1.54) is 5.56 Å². The molecule has 1 aromatic carbocycles. The number of aromatic nitrogens is 3. The van der Waals surface area contributed by atoms with Crippen LogP contribution in [0, 0.1) is 6.92 Å². The first-order valence-corrected chi connectivity index (χ1v) is 9.23. The van der Waals surface area contributed by atoms with Crippen molar-refractivity contribution in [1.29, 1.82) is 0 Å². The van der Waals surface area contributed by atoms with Gasteiger partial charge in [-0.25, -0.2) is 9.67 Å². The van der Waals surface area contributed by atoms with E-state index in [1.807, 2.05) is 41.9 Å². The molecule has 0 unspecified atom stereocenters. The first-order chi connectivity index (χ1) is 13.0. The van der Waals surface area contributed by atoms with Crippen LogP contribution < -0.4 is 5.32 Å². The summed E-state index contributed by atoms with van der Waals surface area (Å²) < 4.78 is 6.90. The Morgan fingerprint density at radius 3 is 2.67 bits per heavy atom. The van der Waals surface area contributed by atoms with Gasteiger partial charge in [0.2, 0.25) is 0 Å². The lowest BCUT2D eigenvalue weighted by atomic mass is 10.1. The Hall–Kier alpha value is -2.73. The van der Waals surface area contributed by atoms with Crippen LogP contribution in [0.25, 0.3) is 22.3 Å². The molecule has 1 N–H and O–H groups in total. The molecule has 0 radical (unpaired) electrons. The van der Waals surface area contributed by atoms with Crippen molar-refractivity contribution in [2.24, 2.45) is 0 Å². The van der Waals surface area contributed by atoms with Crippen molar-refractivity contribution < 1.29 is 9.53 Å². The maximum Gasteiger partial charge on any atom is 0.252 e. The zero-order chi connectivity index (χ0) is 19.4. The minimum Gasteiger partial charge on any atom is -0.385 e. The van der Waals surface area contributed by atoms with Gasteiger partial charge in [0.25, 0.3) is 5.91 Å². The molecule has 3 aromatic rings. The van der Waals surface area contributed by atoms with Gasteiger partial charge >= 0.3 is 0 Å². The number of carbonyl (C=O) groups is 1. The number of benzene rings is 1. The molecule has 0 aliphatic carbocycles. The highest BCUT2D eigenvalue weighted by atomic mass is 16.5. The molecule has 27 heavy (non-hydrogen) atoms. The van der Waals surface area contributed by atoms with E-state index in [-0.39, 0.29) is 11.9 Å². The first kappa shape index (κ1) is 19.0. The number of nitrogens with one attached hydrogen (secondary N) is 1. The molecule has 2 heterocycles. The minimum absolute atomic E-state index is 0.116. The van der Waals surface area contributed by atoms with E-state index in [0.717, 1.165) is 28.7 Å². The van der Waals surface area contributed by atoms with Gasteiger partial charge in [-0.2, -0.15) is 5.10 Å². The largest absolute Gasteiger partial charge is 0.385 e. The molecule has 0 aliphatic heterocycles. The molecule has 0 aliphatic rings. The van der Waals surface area contributed by atoms with Gasteiger partial charge in [0, 0.05) is 31.9 Å². The standard InChI is InChI=1S/C21H26N4O2/c1-14(2)25-20-18(13-23-25)17(21(26)22-10-5-11-27-4)12-19(24-20)16-8-6-15(3)7-9-16/h6-9,12-14H,5,10-11H2,1-4H3,(H,22,26). The predicted molar refractivity (Wildman–Crippen MR) is 107 cm³/mol. The van der Waals surface area contributed by atoms with Gasteiger partial charge in [0.15, 0.2) is 5.65 Å². The third-order valence-electron chi connectivity index (χ3n) is 4.46. The van der Waals surface area contributed by atoms with Gasteiger partial charge in [-0.05, 0) is 33.3 Å². The van der Waals surface area contributed by atoms with Crippen LogP contribution in [0.4, 0.5) is 0 Å². The number of carbonyl (C=O) groups excluding carboxylic acids is 1. The molecule has 6 heteroatoms. The highest BCUT2D eigenvalue weighted by molar-refractivity contribution is 6.06. The molecular weight excluding hydrogens is 340 g/mol. The maximum absolute atomic E-state index is 12.8. The Labute approximate surface area is 159 Å². The van der Waals surface area contributed by atoms with E-state index in [1.54, 1.807) is 13.3 Å². The topological polar surface area (TPSA) is 69.0 Å². The van der Waals surface area contributed by atoms with Crippen LogP contribution in [0.5, 0.6) is 0 Å². The number of fused-ring (bicyclic) bond motifs is 1. The molecule has 0 spiro atoms. The van der Waals surface area contributed by atoms with Crippen molar-refractivity contribution >= 4 is 16.9 Å². The summed E-state index contributed by atoms with van der Waals surface area (Å²) in [6.45, 7) is 7.34. The van der Waals surface area contributed by atoms with Gasteiger partial charge in [0.05, 0.1) is 22.8 Å². The van der Waals surface area contributed by atoms with Crippen molar-refractivity contribution in [2.75, 3.05) is 20.3 Å². The van der Waals surface area contributed by atoms with Crippen LogP contribution in [0.2, 0.25) is 0 Å². The Bertz CT molecular complexity index is 929. The van der Waals surface area contributed by atoms with Gasteiger partial charge in [0.1, 0.15) is 0 Å². The molecule has 0 saturated carbocycles. The minimum atomic E-state index is -0.116. The smallest absolute Gasteiger partial charge is 0.252 e. The van der Waals surface area contributed by atoms with E-state index in [9.17, 15) is 4.79 Å². The van der Waals surface area contributed by atoms with Gasteiger partial charge < -0.3 is 10.1 Å². The molecule has 3 rings (SSSR count). The number of ether oxygens (including phenoxy) is 1. The quantitative estimate of drug-likeness (QED) is 0.647. The van der Waals surface area contributed by atoms with E-state index < -0.39 is 0 Å². The Balaban J connectivity index is 2.05. The molecule has 1 amide bonds. The second-order valence-corrected chi connectivity index (χ2v) is 6.94. The normalized spacial score (nSPS) is 11.3. The van der Waals surface area contributed by atoms with E-state index in [0.29, 0.717) is 18.7 Å². The molecule has 142 valence electrons. The lowest BCUT2D eigenvalue weighted by Gasteiger charge is -2.11. The van der Waals surface area contributed by atoms with E-state index in [4.69, 9.17) is 9.72 Å². The molecule has 6 nitrogen and oxygen atoms in total. The Morgan fingerprint density at radius 1 is 1.26 bits per heavy atom. The molecule has 0 saturated heterocycles. The number of nitrogens with zero attached hydrogens (tertiary/aromatic N) is 3.